The lowest BCUT2D eigenvalue weighted by atomic mass is 9.76. The third kappa shape index (κ3) is 4.87. The molecule has 2 aromatic rings. The predicted octanol–water partition coefficient (Wildman–Crippen LogP) is 2.50. The molecule has 0 aliphatic carbocycles. The van der Waals surface area contributed by atoms with Crippen LogP contribution in [0.1, 0.15) is 60.6 Å². The van der Waals surface area contributed by atoms with E-state index in [1.807, 2.05) is 0 Å². The molecule has 3 unspecified atom stereocenters. The van der Waals surface area contributed by atoms with Gasteiger partial charge in [0, 0.05) is 6.42 Å². The van der Waals surface area contributed by atoms with Gasteiger partial charge in [0.15, 0.2) is 17.4 Å². The topological polar surface area (TPSA) is 164 Å². The van der Waals surface area contributed by atoms with E-state index in [2.05, 4.69) is 35.7 Å². The van der Waals surface area contributed by atoms with Crippen molar-refractivity contribution < 1.29 is 28.0 Å². The Bertz CT molecular complexity index is 1150. The van der Waals surface area contributed by atoms with E-state index in [9.17, 15) is 14.3 Å². The minimum absolute atomic E-state index is 0.0632. The maximum absolute atomic E-state index is 12.9. The second-order valence-corrected chi connectivity index (χ2v) is 12.2. The fourth-order valence-corrected chi connectivity index (χ4v) is 6.04. The normalized spacial score (nSPS) is 30.0. The molecule has 4 rings (SSSR count). The number of imidazole rings is 1. The first-order valence-corrected chi connectivity index (χ1v) is 12.3. The summed E-state index contributed by atoms with van der Waals surface area (Å²) in [6, 6.07) is 0. The molecule has 33 heavy (non-hydrogen) atoms. The quantitative estimate of drug-likeness (QED) is 0.536. The molecule has 2 aliphatic heterocycles. The van der Waals surface area contributed by atoms with Crippen molar-refractivity contribution >= 4 is 24.9 Å². The van der Waals surface area contributed by atoms with E-state index >= 15 is 0 Å². The van der Waals surface area contributed by atoms with E-state index in [1.165, 1.54) is 6.33 Å². The van der Waals surface area contributed by atoms with Gasteiger partial charge in [0.2, 0.25) is 5.95 Å². The minimum Gasteiger partial charge on any atom is -0.371 e. The van der Waals surface area contributed by atoms with Crippen LogP contribution in [0.15, 0.2) is 11.1 Å². The lowest BCUT2D eigenvalue weighted by Gasteiger charge is -2.42. The van der Waals surface area contributed by atoms with E-state index in [0.29, 0.717) is 19.4 Å². The van der Waals surface area contributed by atoms with Crippen LogP contribution in [0.4, 0.5) is 5.95 Å². The van der Waals surface area contributed by atoms with E-state index < -0.39 is 43.0 Å². The summed E-state index contributed by atoms with van der Waals surface area (Å²) < 4.78 is 38.2. The average molecular weight is 485 g/mol. The zero-order chi connectivity index (χ0) is 24.4. The number of aromatic amines is 1. The monoisotopic (exact) mass is 485 g/mol. The summed E-state index contributed by atoms with van der Waals surface area (Å²) in [6.07, 6.45) is -0.101. The highest BCUT2D eigenvalue weighted by Gasteiger charge is 2.62. The van der Waals surface area contributed by atoms with Crippen molar-refractivity contribution in [2.24, 2.45) is 5.41 Å². The van der Waals surface area contributed by atoms with Gasteiger partial charge in [0.1, 0.15) is 17.8 Å². The van der Waals surface area contributed by atoms with Crippen molar-refractivity contribution in [3.63, 3.8) is 0 Å². The zero-order valence-corrected chi connectivity index (χ0v) is 20.6. The Morgan fingerprint density at radius 1 is 1.36 bits per heavy atom. The zero-order valence-electron chi connectivity index (χ0n) is 19.7. The number of aromatic nitrogens is 4. The lowest BCUT2D eigenvalue weighted by Crippen LogP contribution is -2.51. The number of nitrogens with one attached hydrogen (secondary N) is 1. The van der Waals surface area contributed by atoms with E-state index in [-0.39, 0.29) is 22.5 Å². The number of nitrogen functional groups attached to an aromatic ring is 1. The van der Waals surface area contributed by atoms with Crippen molar-refractivity contribution in [2.45, 2.75) is 84.0 Å². The van der Waals surface area contributed by atoms with Crippen molar-refractivity contribution in [1.82, 2.24) is 19.5 Å². The number of fused-ring (bicyclic) bond motifs is 3. The standard InChI is InChI=1S/C20H32N5O7P/c1-18(2,3)9-20-7-8-29-12(13(20)31-33(27,28)32-19(4,5)6)16(30-20)25-10-22-11-14(25)23-17(21)24-15(11)26/h10,12-13,16H,7-9H2,1-6H3,(H,27,28)(H3,21,23,24,26)/t12?,13?,16-,20-/m1/s1. The van der Waals surface area contributed by atoms with Gasteiger partial charge in [-0.25, -0.2) is 9.55 Å². The smallest absolute Gasteiger partial charge is 0.371 e. The molecule has 0 radical (unpaired) electrons. The van der Waals surface area contributed by atoms with Crippen molar-refractivity contribution in [1.29, 1.82) is 0 Å². The Balaban J connectivity index is 1.78. The number of H-pyrrole nitrogens is 1. The number of phosphoric acid groups is 1. The van der Waals surface area contributed by atoms with Crippen molar-refractivity contribution in [2.75, 3.05) is 12.3 Å². The molecular weight excluding hydrogens is 453 g/mol. The Hall–Kier alpha value is -1.82. The van der Waals surface area contributed by atoms with E-state index in [4.69, 9.17) is 24.3 Å². The van der Waals surface area contributed by atoms with Gasteiger partial charge in [0.05, 0.1) is 18.5 Å². The van der Waals surface area contributed by atoms with Crippen LogP contribution >= 0.6 is 7.82 Å². The van der Waals surface area contributed by atoms with Gasteiger partial charge in [-0.1, -0.05) is 20.8 Å². The summed E-state index contributed by atoms with van der Waals surface area (Å²) in [5, 5.41) is 0. The molecule has 13 heteroatoms. The Morgan fingerprint density at radius 2 is 2.06 bits per heavy atom. The van der Waals surface area contributed by atoms with E-state index in [1.54, 1.807) is 25.3 Å². The summed E-state index contributed by atoms with van der Waals surface area (Å²) >= 11 is 0. The summed E-state index contributed by atoms with van der Waals surface area (Å²) in [5.74, 6) is -0.0632. The second kappa shape index (κ2) is 7.86. The van der Waals surface area contributed by atoms with Crippen LogP contribution in [0.2, 0.25) is 0 Å². The molecule has 0 saturated carbocycles. The lowest BCUT2D eigenvalue weighted by molar-refractivity contribution is -0.137. The second-order valence-electron chi connectivity index (χ2n) is 10.9. The molecule has 2 aliphatic rings. The van der Waals surface area contributed by atoms with Gasteiger partial charge < -0.3 is 20.1 Å². The highest BCUT2D eigenvalue weighted by atomic mass is 31.2. The van der Waals surface area contributed by atoms with Crippen LogP contribution in [0, 0.1) is 5.41 Å². The molecule has 5 atom stereocenters. The first-order chi connectivity index (χ1) is 15.1. The third-order valence-electron chi connectivity index (χ3n) is 5.48. The van der Waals surface area contributed by atoms with Gasteiger partial charge in [0.25, 0.3) is 5.56 Å². The fourth-order valence-electron chi connectivity index (χ4n) is 4.70. The van der Waals surface area contributed by atoms with Crippen LogP contribution in [0.3, 0.4) is 0 Å². The SMILES string of the molecule is CC(C)(C)C[C@]12CCOC(C1OP(=O)(O)OC(C)(C)C)[C@H](n1cnc3c(=O)[nH]c(N)nc31)O2. The molecule has 184 valence electrons. The maximum atomic E-state index is 12.9. The van der Waals surface area contributed by atoms with Crippen LogP contribution in [0.5, 0.6) is 0 Å². The average Bonchev–Trinajstić information content (AvgIpc) is 3.06. The Labute approximate surface area is 191 Å². The molecule has 2 aromatic heterocycles. The number of phosphoric ester groups is 1. The van der Waals surface area contributed by atoms with Gasteiger partial charge in [-0.3, -0.25) is 23.4 Å². The fraction of sp³-hybridized carbons (Fsp3) is 0.750. The number of nitrogens with two attached hydrogens (primary N) is 1. The van der Waals surface area contributed by atoms with Crippen molar-refractivity contribution in [3.8, 4) is 0 Å². The number of hydrogen-bond acceptors (Lipinski definition) is 9. The molecule has 2 fully saturated rings. The number of hydrogen-bond donors (Lipinski definition) is 3. The van der Waals surface area contributed by atoms with Crippen LogP contribution in [-0.4, -0.2) is 54.4 Å². The van der Waals surface area contributed by atoms with Crippen LogP contribution in [0.25, 0.3) is 11.2 Å². The van der Waals surface area contributed by atoms with Gasteiger partial charge in [-0.15, -0.1) is 0 Å². The molecule has 4 N–H and O–H groups in total. The molecule has 0 amide bonds. The molecule has 0 spiro atoms. The minimum atomic E-state index is -4.47. The summed E-state index contributed by atoms with van der Waals surface area (Å²) in [4.78, 5) is 33.6. The summed E-state index contributed by atoms with van der Waals surface area (Å²) in [7, 11) is -4.47. The maximum Gasteiger partial charge on any atom is 0.473 e. The molecule has 0 aromatic carbocycles. The molecule has 2 bridgehead atoms. The molecule has 2 saturated heterocycles. The number of ether oxygens (including phenoxy) is 2. The largest absolute Gasteiger partial charge is 0.473 e. The van der Waals surface area contributed by atoms with Crippen LogP contribution in [-0.2, 0) is 23.1 Å². The third-order valence-corrected chi connectivity index (χ3v) is 6.75. The first-order valence-electron chi connectivity index (χ1n) is 10.8. The summed E-state index contributed by atoms with van der Waals surface area (Å²) in [6.45, 7) is 11.5. The Morgan fingerprint density at radius 3 is 2.70 bits per heavy atom. The van der Waals surface area contributed by atoms with Crippen LogP contribution < -0.4 is 11.3 Å². The van der Waals surface area contributed by atoms with Gasteiger partial charge >= 0.3 is 7.82 Å². The molecule has 4 heterocycles. The number of nitrogens with zero attached hydrogens (tertiary/aromatic N) is 3. The molecular formula is C20H32N5O7P. The highest BCUT2D eigenvalue weighted by molar-refractivity contribution is 7.47. The van der Waals surface area contributed by atoms with Gasteiger partial charge in [-0.2, -0.15) is 4.98 Å². The molecule has 12 nitrogen and oxygen atoms in total. The number of anilines is 1. The van der Waals surface area contributed by atoms with Crippen molar-refractivity contribution in [3.05, 3.63) is 16.7 Å². The Kier molecular flexibility index (Phi) is 5.79. The predicted molar refractivity (Wildman–Crippen MR) is 119 cm³/mol. The van der Waals surface area contributed by atoms with E-state index in [0.717, 1.165) is 0 Å². The van der Waals surface area contributed by atoms with Gasteiger partial charge in [-0.05, 0) is 32.6 Å². The first kappa shape index (κ1) is 24.3. The highest BCUT2D eigenvalue weighted by Crippen LogP contribution is 2.58. The summed E-state index contributed by atoms with van der Waals surface area (Å²) in [5.41, 5.74) is 3.55. The number of rotatable bonds is 5.